The van der Waals surface area contributed by atoms with Gasteiger partial charge >= 0.3 is 6.09 Å². The molecule has 2 rings (SSSR count). The molecule has 1 aromatic rings. The van der Waals surface area contributed by atoms with Gasteiger partial charge in [-0.3, -0.25) is 10.1 Å². The van der Waals surface area contributed by atoms with Gasteiger partial charge in [0.15, 0.2) is 5.82 Å². The largest absolute Gasteiger partial charge is 0.453 e. The van der Waals surface area contributed by atoms with E-state index < -0.39 is 6.09 Å². The first kappa shape index (κ1) is 14.3. The van der Waals surface area contributed by atoms with Crippen molar-refractivity contribution in [3.8, 4) is 0 Å². The highest BCUT2D eigenvalue weighted by Crippen LogP contribution is 2.10. The molecule has 1 aromatic heterocycles. The molecule has 2 amide bonds. The number of carbonyl (C=O) groups is 2. The van der Waals surface area contributed by atoms with Gasteiger partial charge in [-0.1, -0.05) is 5.21 Å². The number of hydrogen-bond donors (Lipinski definition) is 2. The minimum absolute atomic E-state index is 0.0476. The van der Waals surface area contributed by atoms with Gasteiger partial charge in [-0.15, -0.1) is 5.10 Å². The molecule has 0 bridgehead atoms. The number of nitrogens with zero attached hydrogens (tertiary/aromatic N) is 4. The number of ether oxygens (including phenoxy) is 1. The van der Waals surface area contributed by atoms with Crippen LogP contribution in [-0.4, -0.2) is 63.3 Å². The summed E-state index contributed by atoms with van der Waals surface area (Å²) in [5, 5.41) is 19.2. The van der Waals surface area contributed by atoms with Gasteiger partial charge in [0.05, 0.1) is 19.4 Å². The maximum absolute atomic E-state index is 12.0. The minimum Gasteiger partial charge on any atom is -0.453 e. The molecule has 9 nitrogen and oxygen atoms in total. The number of amides is 2. The molecule has 9 heteroatoms. The van der Waals surface area contributed by atoms with Crippen LogP contribution in [0.15, 0.2) is 6.20 Å². The first-order valence-electron chi connectivity index (χ1n) is 6.29. The van der Waals surface area contributed by atoms with Crippen LogP contribution in [-0.2, 0) is 16.1 Å². The van der Waals surface area contributed by atoms with Gasteiger partial charge in [0.2, 0.25) is 5.91 Å². The van der Waals surface area contributed by atoms with E-state index in [1.807, 2.05) is 0 Å². The van der Waals surface area contributed by atoms with Gasteiger partial charge in [-0.25, -0.2) is 9.48 Å². The SMILES string of the molecule is COC(=O)Nc1cn(CC(=O)N2CCC(O)CC2)nn1. The molecule has 0 saturated carbocycles. The Hall–Kier alpha value is -2.16. The first-order valence-corrected chi connectivity index (χ1v) is 6.29. The topological polar surface area (TPSA) is 110 Å². The summed E-state index contributed by atoms with van der Waals surface area (Å²) >= 11 is 0. The Morgan fingerprint density at radius 2 is 2.20 bits per heavy atom. The van der Waals surface area contributed by atoms with E-state index >= 15 is 0 Å². The fourth-order valence-corrected chi connectivity index (χ4v) is 1.94. The van der Waals surface area contributed by atoms with Crippen LogP contribution in [0.1, 0.15) is 12.8 Å². The van der Waals surface area contributed by atoms with Crippen LogP contribution in [0.4, 0.5) is 10.6 Å². The Morgan fingerprint density at radius 3 is 2.85 bits per heavy atom. The highest BCUT2D eigenvalue weighted by atomic mass is 16.5. The number of hydrogen-bond acceptors (Lipinski definition) is 6. The van der Waals surface area contributed by atoms with E-state index in [-0.39, 0.29) is 24.4 Å². The number of anilines is 1. The Morgan fingerprint density at radius 1 is 1.50 bits per heavy atom. The zero-order chi connectivity index (χ0) is 14.5. The average Bonchev–Trinajstić information content (AvgIpc) is 2.86. The molecule has 110 valence electrons. The standard InChI is InChI=1S/C11H17N5O4/c1-20-11(19)12-9-6-16(14-13-9)7-10(18)15-4-2-8(17)3-5-15/h6,8,17H,2-5,7H2,1H3,(H,12,19). The molecule has 1 aliphatic heterocycles. The summed E-state index contributed by atoms with van der Waals surface area (Å²) in [5.41, 5.74) is 0. The highest BCUT2D eigenvalue weighted by Gasteiger charge is 2.21. The Balaban J connectivity index is 1.86. The van der Waals surface area contributed by atoms with Crippen molar-refractivity contribution in [2.75, 3.05) is 25.5 Å². The monoisotopic (exact) mass is 283 g/mol. The number of aliphatic hydroxyl groups excluding tert-OH is 1. The highest BCUT2D eigenvalue weighted by molar-refractivity contribution is 5.82. The molecule has 20 heavy (non-hydrogen) atoms. The Labute approximate surface area is 115 Å². The second-order valence-electron chi connectivity index (χ2n) is 4.53. The normalized spacial score (nSPS) is 16.0. The molecular weight excluding hydrogens is 266 g/mol. The smallest absolute Gasteiger partial charge is 0.412 e. The van der Waals surface area contributed by atoms with Gasteiger partial charge < -0.3 is 14.7 Å². The molecule has 0 aliphatic carbocycles. The zero-order valence-electron chi connectivity index (χ0n) is 11.2. The van der Waals surface area contributed by atoms with E-state index in [1.54, 1.807) is 4.90 Å². The van der Waals surface area contributed by atoms with Crippen molar-refractivity contribution in [2.45, 2.75) is 25.5 Å². The maximum atomic E-state index is 12.0. The van der Waals surface area contributed by atoms with Crippen molar-refractivity contribution in [1.29, 1.82) is 0 Å². The quantitative estimate of drug-likeness (QED) is 0.769. The molecule has 0 radical (unpaired) electrons. The number of methoxy groups -OCH3 is 1. The summed E-state index contributed by atoms with van der Waals surface area (Å²) in [7, 11) is 1.24. The molecule has 2 N–H and O–H groups in total. The van der Waals surface area contributed by atoms with Crippen molar-refractivity contribution in [1.82, 2.24) is 19.9 Å². The molecule has 1 aliphatic rings. The van der Waals surface area contributed by atoms with Gasteiger partial charge in [0.1, 0.15) is 6.54 Å². The second-order valence-corrected chi connectivity index (χ2v) is 4.53. The van der Waals surface area contributed by atoms with Crippen LogP contribution in [0.25, 0.3) is 0 Å². The number of aliphatic hydroxyl groups is 1. The third-order valence-electron chi connectivity index (χ3n) is 3.07. The van der Waals surface area contributed by atoms with E-state index in [1.165, 1.54) is 18.0 Å². The lowest BCUT2D eigenvalue weighted by atomic mass is 10.1. The van der Waals surface area contributed by atoms with E-state index in [9.17, 15) is 14.7 Å². The van der Waals surface area contributed by atoms with Crippen LogP contribution < -0.4 is 5.32 Å². The third-order valence-corrected chi connectivity index (χ3v) is 3.07. The van der Waals surface area contributed by atoms with E-state index in [0.29, 0.717) is 25.9 Å². The number of carbonyl (C=O) groups excluding carboxylic acids is 2. The van der Waals surface area contributed by atoms with Crippen LogP contribution in [0.5, 0.6) is 0 Å². The summed E-state index contributed by atoms with van der Waals surface area (Å²) in [4.78, 5) is 24.7. The minimum atomic E-state index is -0.645. The van der Waals surface area contributed by atoms with Crippen molar-refractivity contribution >= 4 is 17.8 Å². The summed E-state index contributed by atoms with van der Waals surface area (Å²) in [6.07, 6.45) is 1.68. The first-order chi connectivity index (χ1) is 9.58. The van der Waals surface area contributed by atoms with E-state index in [4.69, 9.17) is 0 Å². The van der Waals surface area contributed by atoms with Gasteiger partial charge in [-0.2, -0.15) is 0 Å². The molecule has 0 spiro atoms. The molecule has 2 heterocycles. The lowest BCUT2D eigenvalue weighted by molar-refractivity contribution is -0.134. The molecule has 0 atom stereocenters. The maximum Gasteiger partial charge on any atom is 0.412 e. The zero-order valence-corrected chi connectivity index (χ0v) is 11.2. The van der Waals surface area contributed by atoms with Gasteiger partial charge in [0, 0.05) is 13.1 Å². The third kappa shape index (κ3) is 3.67. The molecule has 1 fully saturated rings. The van der Waals surface area contributed by atoms with E-state index in [0.717, 1.165) is 0 Å². The number of piperidine rings is 1. The molecule has 0 unspecified atom stereocenters. The van der Waals surface area contributed by atoms with Crippen molar-refractivity contribution < 1.29 is 19.4 Å². The predicted octanol–water partition coefficient (Wildman–Crippen LogP) is -0.560. The van der Waals surface area contributed by atoms with Crippen molar-refractivity contribution in [2.24, 2.45) is 0 Å². The fourth-order valence-electron chi connectivity index (χ4n) is 1.94. The van der Waals surface area contributed by atoms with Crippen molar-refractivity contribution in [3.63, 3.8) is 0 Å². The summed E-state index contributed by atoms with van der Waals surface area (Å²) in [6.45, 7) is 1.13. The molecule has 0 aromatic carbocycles. The number of likely N-dealkylation sites (tertiary alicyclic amines) is 1. The summed E-state index contributed by atoms with van der Waals surface area (Å²) < 4.78 is 5.77. The van der Waals surface area contributed by atoms with Crippen LogP contribution in [0.3, 0.4) is 0 Å². The van der Waals surface area contributed by atoms with Gasteiger partial charge in [0.25, 0.3) is 0 Å². The Kier molecular flexibility index (Phi) is 4.51. The number of rotatable bonds is 3. The van der Waals surface area contributed by atoms with Gasteiger partial charge in [-0.05, 0) is 12.8 Å². The summed E-state index contributed by atoms with van der Waals surface area (Å²) in [5.74, 6) is 0.130. The predicted molar refractivity (Wildman–Crippen MR) is 67.9 cm³/mol. The van der Waals surface area contributed by atoms with Crippen LogP contribution >= 0.6 is 0 Å². The van der Waals surface area contributed by atoms with Crippen LogP contribution in [0.2, 0.25) is 0 Å². The van der Waals surface area contributed by atoms with Crippen LogP contribution in [0, 0.1) is 0 Å². The Bertz CT molecular complexity index is 481. The lowest BCUT2D eigenvalue weighted by Gasteiger charge is -2.29. The number of aromatic nitrogens is 3. The number of nitrogens with one attached hydrogen (secondary N) is 1. The second kappa shape index (κ2) is 6.33. The van der Waals surface area contributed by atoms with E-state index in [2.05, 4.69) is 20.4 Å². The average molecular weight is 283 g/mol. The molecule has 1 saturated heterocycles. The lowest BCUT2D eigenvalue weighted by Crippen LogP contribution is -2.41. The van der Waals surface area contributed by atoms with Crippen molar-refractivity contribution in [3.05, 3.63) is 6.20 Å². The molecular formula is C11H17N5O4. The summed E-state index contributed by atoms with van der Waals surface area (Å²) in [6, 6.07) is 0. The fraction of sp³-hybridized carbons (Fsp3) is 0.636.